The van der Waals surface area contributed by atoms with E-state index in [4.69, 9.17) is 10.5 Å². The van der Waals surface area contributed by atoms with Crippen LogP contribution in [-0.4, -0.2) is 21.0 Å². The fourth-order valence-corrected chi connectivity index (χ4v) is 1.31. The molecular formula is C7H5BrN4O2. The summed E-state index contributed by atoms with van der Waals surface area (Å²) in [6, 6.07) is 0. The fourth-order valence-electron chi connectivity index (χ4n) is 1.03. The van der Waals surface area contributed by atoms with Crippen molar-refractivity contribution < 1.29 is 9.53 Å². The molecule has 0 saturated carbocycles. The Bertz CT molecular complexity index is 495. The lowest BCUT2D eigenvalue weighted by Crippen LogP contribution is -2.16. The van der Waals surface area contributed by atoms with Crippen molar-refractivity contribution in [3.8, 4) is 5.75 Å². The maximum absolute atomic E-state index is 10.5. The average molecular weight is 257 g/mol. The number of carbonyl (C=O) groups excluding carboxylic acids is 1. The van der Waals surface area contributed by atoms with Crippen molar-refractivity contribution in [3.05, 3.63) is 17.0 Å². The third-order valence-corrected chi connectivity index (χ3v) is 1.91. The largest absolute Gasteiger partial charge is 0.410 e. The second-order valence-electron chi connectivity index (χ2n) is 2.46. The van der Waals surface area contributed by atoms with Crippen LogP contribution in [-0.2, 0) is 0 Å². The summed E-state index contributed by atoms with van der Waals surface area (Å²) in [6.07, 6.45) is 2.13. The van der Waals surface area contributed by atoms with Gasteiger partial charge in [0.05, 0.1) is 6.20 Å². The first-order valence-corrected chi connectivity index (χ1v) is 4.43. The molecule has 0 radical (unpaired) electrons. The third-order valence-electron chi connectivity index (χ3n) is 1.53. The maximum Gasteiger partial charge on any atom is 0.410 e. The Morgan fingerprint density at radius 2 is 2.43 bits per heavy atom. The van der Waals surface area contributed by atoms with Gasteiger partial charge in [0.1, 0.15) is 4.60 Å². The van der Waals surface area contributed by atoms with Crippen LogP contribution in [0.15, 0.2) is 17.0 Å². The number of rotatable bonds is 1. The summed E-state index contributed by atoms with van der Waals surface area (Å²) in [5, 5.41) is 0. The number of nitrogens with one attached hydrogen (secondary N) is 1. The van der Waals surface area contributed by atoms with Gasteiger partial charge in [-0.3, -0.25) is 0 Å². The number of hydrogen-bond acceptors (Lipinski definition) is 4. The number of primary amides is 1. The molecule has 2 aromatic rings. The quantitative estimate of drug-likeness (QED) is 0.801. The number of aromatic amines is 1. The minimum absolute atomic E-state index is 0.265. The molecule has 0 aromatic carbocycles. The lowest BCUT2D eigenvalue weighted by atomic mass is 10.5. The van der Waals surface area contributed by atoms with Gasteiger partial charge in [0.2, 0.25) is 0 Å². The van der Waals surface area contributed by atoms with E-state index in [2.05, 4.69) is 30.9 Å². The number of nitrogens with two attached hydrogens (primary N) is 1. The second-order valence-corrected chi connectivity index (χ2v) is 3.28. The van der Waals surface area contributed by atoms with E-state index >= 15 is 0 Å². The van der Waals surface area contributed by atoms with Crippen LogP contribution in [0.5, 0.6) is 5.75 Å². The van der Waals surface area contributed by atoms with Crippen molar-refractivity contribution in [1.82, 2.24) is 15.0 Å². The van der Waals surface area contributed by atoms with Crippen LogP contribution in [0.25, 0.3) is 11.2 Å². The molecular weight excluding hydrogens is 252 g/mol. The van der Waals surface area contributed by atoms with Crippen molar-refractivity contribution in [2.45, 2.75) is 0 Å². The van der Waals surface area contributed by atoms with E-state index < -0.39 is 6.09 Å². The highest BCUT2D eigenvalue weighted by Crippen LogP contribution is 2.22. The summed E-state index contributed by atoms with van der Waals surface area (Å²) in [7, 11) is 0. The minimum atomic E-state index is -0.882. The summed E-state index contributed by atoms with van der Waals surface area (Å²) in [5.74, 6) is 0.265. The first kappa shape index (κ1) is 8.95. The van der Waals surface area contributed by atoms with E-state index in [1.807, 2.05) is 0 Å². The number of fused-ring (bicyclic) bond motifs is 1. The first-order chi connectivity index (χ1) is 6.66. The van der Waals surface area contributed by atoms with E-state index in [9.17, 15) is 4.79 Å². The van der Waals surface area contributed by atoms with Crippen LogP contribution in [0.4, 0.5) is 4.79 Å². The Balaban J connectivity index is 2.55. The molecule has 0 aliphatic heterocycles. The number of halogens is 1. The Hall–Kier alpha value is -1.63. The Labute approximate surface area is 86.6 Å². The van der Waals surface area contributed by atoms with Crippen LogP contribution in [0.2, 0.25) is 0 Å². The van der Waals surface area contributed by atoms with Gasteiger partial charge in [-0.2, -0.15) is 0 Å². The predicted octanol–water partition coefficient (Wildman–Crippen LogP) is 1.18. The average Bonchev–Trinajstić information content (AvgIpc) is 2.47. The molecule has 2 aromatic heterocycles. The lowest BCUT2D eigenvalue weighted by Gasteiger charge is -1.96. The second kappa shape index (κ2) is 3.26. The molecule has 0 fully saturated rings. The predicted molar refractivity (Wildman–Crippen MR) is 51.8 cm³/mol. The Morgan fingerprint density at radius 3 is 3.14 bits per heavy atom. The normalized spacial score (nSPS) is 10.4. The zero-order chi connectivity index (χ0) is 10.1. The monoisotopic (exact) mass is 256 g/mol. The molecule has 0 bridgehead atoms. The molecule has 0 atom stereocenters. The van der Waals surface area contributed by atoms with Gasteiger partial charge in [0.15, 0.2) is 16.9 Å². The van der Waals surface area contributed by atoms with Crippen LogP contribution in [0.3, 0.4) is 0 Å². The van der Waals surface area contributed by atoms with E-state index in [0.717, 1.165) is 0 Å². The maximum atomic E-state index is 10.5. The zero-order valence-corrected chi connectivity index (χ0v) is 8.41. The standard InChI is InChI=1S/C7H5BrN4O2/c8-4-2-11-6-5(12-4)3(1-10-6)14-7(9)13/h1-2H,(H2,9,13)(H,10,11). The highest BCUT2D eigenvalue weighted by molar-refractivity contribution is 9.10. The molecule has 3 N–H and O–H groups in total. The van der Waals surface area contributed by atoms with Gasteiger partial charge in [-0.1, -0.05) is 0 Å². The molecule has 1 amide bonds. The number of aromatic nitrogens is 3. The van der Waals surface area contributed by atoms with Crippen molar-refractivity contribution >= 4 is 33.2 Å². The lowest BCUT2D eigenvalue weighted by molar-refractivity contribution is 0.211. The van der Waals surface area contributed by atoms with E-state index in [-0.39, 0.29) is 5.75 Å². The molecule has 0 saturated heterocycles. The Morgan fingerprint density at radius 1 is 1.64 bits per heavy atom. The van der Waals surface area contributed by atoms with Crippen molar-refractivity contribution in [2.24, 2.45) is 5.73 Å². The highest BCUT2D eigenvalue weighted by atomic mass is 79.9. The van der Waals surface area contributed by atoms with Gasteiger partial charge >= 0.3 is 6.09 Å². The van der Waals surface area contributed by atoms with Gasteiger partial charge in [-0.15, -0.1) is 0 Å². The number of amides is 1. The first-order valence-electron chi connectivity index (χ1n) is 3.64. The van der Waals surface area contributed by atoms with Gasteiger partial charge in [-0.25, -0.2) is 14.8 Å². The molecule has 0 aliphatic rings. The summed E-state index contributed by atoms with van der Waals surface area (Å²) in [6.45, 7) is 0. The summed E-state index contributed by atoms with van der Waals surface area (Å²) in [4.78, 5) is 21.4. The van der Waals surface area contributed by atoms with Crippen LogP contribution in [0.1, 0.15) is 0 Å². The molecule has 0 spiro atoms. The van der Waals surface area contributed by atoms with Crippen LogP contribution < -0.4 is 10.5 Å². The van der Waals surface area contributed by atoms with Gasteiger partial charge in [-0.05, 0) is 15.9 Å². The van der Waals surface area contributed by atoms with Crippen LogP contribution >= 0.6 is 15.9 Å². The molecule has 14 heavy (non-hydrogen) atoms. The molecule has 0 aliphatic carbocycles. The smallest absolute Gasteiger partial charge is 0.406 e. The summed E-state index contributed by atoms with van der Waals surface area (Å²) >= 11 is 3.16. The number of nitrogens with zero attached hydrogens (tertiary/aromatic N) is 2. The SMILES string of the molecule is NC(=O)Oc1c[nH]c2ncc(Br)nc12. The highest BCUT2D eigenvalue weighted by Gasteiger charge is 2.09. The third kappa shape index (κ3) is 1.53. The molecule has 72 valence electrons. The fraction of sp³-hybridized carbons (Fsp3) is 0. The molecule has 2 heterocycles. The number of H-pyrrole nitrogens is 1. The van der Waals surface area contributed by atoms with E-state index in [0.29, 0.717) is 15.8 Å². The molecule has 2 rings (SSSR count). The number of ether oxygens (including phenoxy) is 1. The zero-order valence-electron chi connectivity index (χ0n) is 6.82. The van der Waals surface area contributed by atoms with Gasteiger partial charge in [0, 0.05) is 6.20 Å². The number of hydrogen-bond donors (Lipinski definition) is 2. The Kier molecular flexibility index (Phi) is 2.08. The van der Waals surface area contributed by atoms with Crippen molar-refractivity contribution in [3.63, 3.8) is 0 Å². The van der Waals surface area contributed by atoms with E-state index in [1.54, 1.807) is 0 Å². The topological polar surface area (TPSA) is 93.9 Å². The molecule has 0 unspecified atom stereocenters. The molecule has 6 nitrogen and oxygen atoms in total. The van der Waals surface area contributed by atoms with Crippen molar-refractivity contribution in [1.29, 1.82) is 0 Å². The molecule has 7 heteroatoms. The summed E-state index contributed by atoms with van der Waals surface area (Å²) < 4.78 is 5.26. The van der Waals surface area contributed by atoms with Gasteiger partial charge in [0.25, 0.3) is 0 Å². The van der Waals surface area contributed by atoms with Gasteiger partial charge < -0.3 is 15.5 Å². The van der Waals surface area contributed by atoms with Crippen LogP contribution in [0, 0.1) is 0 Å². The van der Waals surface area contributed by atoms with E-state index in [1.165, 1.54) is 12.4 Å². The minimum Gasteiger partial charge on any atom is -0.406 e. The van der Waals surface area contributed by atoms with Crippen molar-refractivity contribution in [2.75, 3.05) is 0 Å². The number of carbonyl (C=O) groups is 1. The summed E-state index contributed by atoms with van der Waals surface area (Å²) in [5.41, 5.74) is 5.87.